The van der Waals surface area contributed by atoms with Gasteiger partial charge < -0.3 is 20.5 Å². The minimum absolute atomic E-state index is 0.0128. The first-order chi connectivity index (χ1) is 15.0. The average molecular weight is 422 g/mol. The molecule has 1 fully saturated rings. The first-order valence-electron chi connectivity index (χ1n) is 10.7. The van der Waals surface area contributed by atoms with Crippen LogP contribution < -0.4 is 15.5 Å². The summed E-state index contributed by atoms with van der Waals surface area (Å²) in [5, 5.41) is 11.4. The molecule has 0 unspecified atom stereocenters. The number of anilines is 1. The Kier molecular flexibility index (Phi) is 4.84. The zero-order valence-electron chi connectivity index (χ0n) is 17.7. The van der Waals surface area contributed by atoms with E-state index >= 15 is 0 Å². The number of rotatable bonds is 5. The molecule has 3 aromatic heterocycles. The molecule has 0 radical (unpaired) electrons. The molecule has 162 valence electrons. The van der Waals surface area contributed by atoms with Crippen LogP contribution in [0.25, 0.3) is 11.0 Å². The molecule has 4 heterocycles. The molecule has 3 N–H and O–H groups in total. The van der Waals surface area contributed by atoms with Crippen molar-refractivity contribution in [3.8, 4) is 0 Å². The number of H-pyrrole nitrogens is 1. The highest BCUT2D eigenvalue weighted by Gasteiger charge is 2.36. The standard InChI is InChI=1S/C21H26N8O2/c1-3-22-20(30)12-8-13(9-12)26-21(31)17-15-10-29(7-5-16(15)28(2)27-17)19-14-4-6-23-18(14)24-11-25-19/h4,6,11-13H,3,5,7-10H2,1-2H3,(H,22,30)(H,26,31)(H,23,24,25). The molecule has 0 saturated heterocycles. The van der Waals surface area contributed by atoms with Gasteiger partial charge in [-0.2, -0.15) is 5.10 Å². The highest BCUT2D eigenvalue weighted by molar-refractivity contribution is 5.95. The Labute approximate surface area is 179 Å². The molecule has 0 spiro atoms. The third-order valence-electron chi connectivity index (χ3n) is 6.28. The fourth-order valence-electron chi connectivity index (χ4n) is 4.59. The van der Waals surface area contributed by atoms with Gasteiger partial charge in [-0.1, -0.05) is 0 Å². The fraction of sp³-hybridized carbons (Fsp3) is 0.476. The first-order valence-corrected chi connectivity index (χ1v) is 10.7. The van der Waals surface area contributed by atoms with E-state index in [0.717, 1.165) is 41.1 Å². The van der Waals surface area contributed by atoms with Gasteiger partial charge in [-0.05, 0) is 25.8 Å². The van der Waals surface area contributed by atoms with E-state index in [4.69, 9.17) is 0 Å². The Hall–Kier alpha value is -3.43. The van der Waals surface area contributed by atoms with E-state index in [2.05, 4.69) is 35.6 Å². The summed E-state index contributed by atoms with van der Waals surface area (Å²) in [7, 11) is 1.88. The van der Waals surface area contributed by atoms with E-state index in [1.807, 2.05) is 30.9 Å². The van der Waals surface area contributed by atoms with E-state index in [1.165, 1.54) is 0 Å². The molecule has 1 aliphatic carbocycles. The molecule has 10 nitrogen and oxygen atoms in total. The van der Waals surface area contributed by atoms with Gasteiger partial charge in [-0.25, -0.2) is 9.97 Å². The van der Waals surface area contributed by atoms with Gasteiger partial charge in [0.05, 0.1) is 5.39 Å². The molecule has 31 heavy (non-hydrogen) atoms. The summed E-state index contributed by atoms with van der Waals surface area (Å²) in [6.07, 6.45) is 5.54. The summed E-state index contributed by atoms with van der Waals surface area (Å²) < 4.78 is 1.81. The summed E-state index contributed by atoms with van der Waals surface area (Å²) in [4.78, 5) is 39.0. The lowest BCUT2D eigenvalue weighted by Gasteiger charge is -2.34. The van der Waals surface area contributed by atoms with E-state index in [-0.39, 0.29) is 23.8 Å². The zero-order chi connectivity index (χ0) is 21.5. The van der Waals surface area contributed by atoms with Gasteiger partial charge in [0.15, 0.2) is 5.69 Å². The number of amides is 2. The molecule has 0 aromatic carbocycles. The van der Waals surface area contributed by atoms with Crippen LogP contribution in [0.3, 0.4) is 0 Å². The molecule has 1 saturated carbocycles. The Morgan fingerprint density at radius 1 is 1.29 bits per heavy atom. The van der Waals surface area contributed by atoms with Crippen molar-refractivity contribution >= 4 is 28.7 Å². The van der Waals surface area contributed by atoms with Crippen LogP contribution in [0.4, 0.5) is 5.82 Å². The molecule has 3 aromatic rings. The number of nitrogens with one attached hydrogen (secondary N) is 3. The second-order valence-electron chi connectivity index (χ2n) is 8.24. The second-order valence-corrected chi connectivity index (χ2v) is 8.24. The number of aromatic nitrogens is 5. The zero-order valence-corrected chi connectivity index (χ0v) is 17.7. The van der Waals surface area contributed by atoms with Gasteiger partial charge in [0.2, 0.25) is 5.91 Å². The number of hydrogen-bond acceptors (Lipinski definition) is 6. The van der Waals surface area contributed by atoms with Crippen LogP contribution in [0.15, 0.2) is 18.6 Å². The van der Waals surface area contributed by atoms with Crippen LogP contribution in [0.1, 0.15) is 41.5 Å². The molecule has 2 amide bonds. The minimum Gasteiger partial charge on any atom is -0.356 e. The molecule has 10 heteroatoms. The maximum absolute atomic E-state index is 13.0. The minimum atomic E-state index is -0.174. The Morgan fingerprint density at radius 2 is 2.13 bits per heavy atom. The maximum Gasteiger partial charge on any atom is 0.272 e. The van der Waals surface area contributed by atoms with Crippen molar-refractivity contribution in [2.75, 3.05) is 18.0 Å². The number of aromatic amines is 1. The molecule has 0 atom stereocenters. The molecule has 5 rings (SSSR count). The van der Waals surface area contributed by atoms with Gasteiger partial charge in [-0.3, -0.25) is 14.3 Å². The highest BCUT2D eigenvalue weighted by Crippen LogP contribution is 2.31. The average Bonchev–Trinajstić information content (AvgIpc) is 3.34. The van der Waals surface area contributed by atoms with Crippen molar-refractivity contribution in [2.24, 2.45) is 13.0 Å². The number of aryl methyl sites for hydroxylation is 1. The normalized spacial score (nSPS) is 20.3. The van der Waals surface area contributed by atoms with Gasteiger partial charge in [0, 0.05) is 62.5 Å². The van der Waals surface area contributed by atoms with Crippen molar-refractivity contribution in [1.82, 2.24) is 35.4 Å². The molecule has 1 aliphatic heterocycles. The molecular formula is C21H26N8O2. The van der Waals surface area contributed by atoms with Crippen LogP contribution in [0.2, 0.25) is 0 Å². The third kappa shape index (κ3) is 3.41. The van der Waals surface area contributed by atoms with Crippen LogP contribution in [0, 0.1) is 5.92 Å². The summed E-state index contributed by atoms with van der Waals surface area (Å²) >= 11 is 0. The summed E-state index contributed by atoms with van der Waals surface area (Å²) in [5.74, 6) is 0.739. The number of nitrogens with zero attached hydrogens (tertiary/aromatic N) is 5. The number of carbonyl (C=O) groups is 2. The number of carbonyl (C=O) groups excluding carboxylic acids is 2. The summed E-state index contributed by atoms with van der Waals surface area (Å²) in [6.45, 7) is 3.90. The lowest BCUT2D eigenvalue weighted by Crippen LogP contribution is -2.49. The van der Waals surface area contributed by atoms with Crippen LogP contribution in [0.5, 0.6) is 0 Å². The van der Waals surface area contributed by atoms with E-state index in [0.29, 0.717) is 31.6 Å². The van der Waals surface area contributed by atoms with Crippen molar-refractivity contribution < 1.29 is 9.59 Å². The second kappa shape index (κ2) is 7.68. The topological polar surface area (TPSA) is 121 Å². The Bertz CT molecular complexity index is 1140. The molecule has 2 aliphatic rings. The SMILES string of the molecule is CCNC(=O)C1CC(NC(=O)c2nn(C)c3c2CN(c2ncnc4[nH]ccc24)CC3)C1. The Balaban J connectivity index is 1.32. The van der Waals surface area contributed by atoms with Crippen molar-refractivity contribution in [3.63, 3.8) is 0 Å². The van der Waals surface area contributed by atoms with Gasteiger partial charge in [0.1, 0.15) is 17.8 Å². The van der Waals surface area contributed by atoms with E-state index in [1.54, 1.807) is 6.33 Å². The maximum atomic E-state index is 13.0. The monoisotopic (exact) mass is 422 g/mol. The summed E-state index contributed by atoms with van der Waals surface area (Å²) in [6, 6.07) is 1.98. The van der Waals surface area contributed by atoms with E-state index < -0.39 is 0 Å². The summed E-state index contributed by atoms with van der Waals surface area (Å²) in [5.41, 5.74) is 3.28. The quantitative estimate of drug-likeness (QED) is 0.562. The number of fused-ring (bicyclic) bond motifs is 2. The van der Waals surface area contributed by atoms with Gasteiger partial charge >= 0.3 is 0 Å². The van der Waals surface area contributed by atoms with Crippen molar-refractivity contribution in [2.45, 2.75) is 38.8 Å². The van der Waals surface area contributed by atoms with E-state index in [9.17, 15) is 9.59 Å². The molecular weight excluding hydrogens is 396 g/mol. The number of hydrogen-bond donors (Lipinski definition) is 3. The smallest absolute Gasteiger partial charge is 0.272 e. The predicted molar refractivity (Wildman–Crippen MR) is 115 cm³/mol. The first kappa shape index (κ1) is 19.5. The predicted octanol–water partition coefficient (Wildman–Crippen LogP) is 0.899. The van der Waals surface area contributed by atoms with Crippen molar-refractivity contribution in [3.05, 3.63) is 35.5 Å². The lowest BCUT2D eigenvalue weighted by molar-refractivity contribution is -0.128. The largest absolute Gasteiger partial charge is 0.356 e. The van der Waals surface area contributed by atoms with Crippen LogP contribution in [-0.2, 0) is 24.8 Å². The van der Waals surface area contributed by atoms with Crippen molar-refractivity contribution in [1.29, 1.82) is 0 Å². The Morgan fingerprint density at radius 3 is 2.94 bits per heavy atom. The van der Waals surface area contributed by atoms with Gasteiger partial charge in [0.25, 0.3) is 5.91 Å². The third-order valence-corrected chi connectivity index (χ3v) is 6.28. The van der Waals surface area contributed by atoms with Gasteiger partial charge in [-0.15, -0.1) is 0 Å². The molecule has 0 bridgehead atoms. The highest BCUT2D eigenvalue weighted by atomic mass is 16.2. The van der Waals surface area contributed by atoms with Crippen LogP contribution in [-0.4, -0.2) is 55.7 Å². The lowest BCUT2D eigenvalue weighted by atomic mass is 9.79. The fourth-order valence-corrected chi connectivity index (χ4v) is 4.59. The van der Waals surface area contributed by atoms with Crippen LogP contribution >= 0.6 is 0 Å².